The third-order valence-corrected chi connectivity index (χ3v) is 7.17. The van der Waals surface area contributed by atoms with Crippen LogP contribution in [0.2, 0.25) is 0 Å². The average molecular weight is 323 g/mol. The van der Waals surface area contributed by atoms with Gasteiger partial charge in [0.15, 0.2) is 9.84 Å². The number of aromatic nitrogens is 2. The summed E-state index contributed by atoms with van der Waals surface area (Å²) in [6, 6.07) is -1.25. The van der Waals surface area contributed by atoms with Crippen molar-refractivity contribution in [2.45, 2.75) is 43.0 Å². The van der Waals surface area contributed by atoms with Crippen LogP contribution in [0.1, 0.15) is 19.0 Å². The summed E-state index contributed by atoms with van der Waals surface area (Å²) in [5, 5.41) is -0.987. The van der Waals surface area contributed by atoms with Gasteiger partial charge in [-0.2, -0.15) is 0 Å². The van der Waals surface area contributed by atoms with E-state index in [-0.39, 0.29) is 13.0 Å². The molecule has 0 aromatic carbocycles. The van der Waals surface area contributed by atoms with Crippen molar-refractivity contribution in [1.29, 1.82) is 0 Å². The molecule has 10 heteroatoms. The molecule has 0 N–H and O–H groups in total. The second-order valence-electron chi connectivity index (χ2n) is 5.84. The monoisotopic (exact) mass is 323 g/mol. The molecule has 3 heterocycles. The Hall–Kier alpha value is -1.84. The Morgan fingerprint density at radius 1 is 1.59 bits per heavy atom. The van der Waals surface area contributed by atoms with Crippen molar-refractivity contribution in [3.05, 3.63) is 18.2 Å². The molecular formula is C12H14BN3O5S. The Morgan fingerprint density at radius 2 is 2.27 bits per heavy atom. The van der Waals surface area contributed by atoms with Crippen LogP contribution >= 0.6 is 0 Å². The van der Waals surface area contributed by atoms with Gasteiger partial charge in [-0.25, -0.2) is 13.4 Å². The van der Waals surface area contributed by atoms with Crippen LogP contribution < -0.4 is 0 Å². The summed E-state index contributed by atoms with van der Waals surface area (Å²) in [7, 11) is 1.18. The maximum atomic E-state index is 12.8. The normalized spacial score (nSPS) is 32.5. The van der Waals surface area contributed by atoms with E-state index in [9.17, 15) is 18.0 Å². The van der Waals surface area contributed by atoms with E-state index >= 15 is 0 Å². The lowest BCUT2D eigenvalue weighted by Crippen LogP contribution is -2.58. The number of aryl methyl sites for hydroxylation is 1. The van der Waals surface area contributed by atoms with Gasteiger partial charge in [-0.3, -0.25) is 9.59 Å². The van der Waals surface area contributed by atoms with Gasteiger partial charge < -0.3 is 14.1 Å². The van der Waals surface area contributed by atoms with Crippen LogP contribution in [-0.4, -0.2) is 59.0 Å². The Kier molecular flexibility index (Phi) is 3.14. The summed E-state index contributed by atoms with van der Waals surface area (Å²) in [6.07, 6.45) is 3.04. The van der Waals surface area contributed by atoms with Crippen molar-refractivity contribution in [1.82, 2.24) is 14.5 Å². The van der Waals surface area contributed by atoms with Crippen molar-refractivity contribution in [3.63, 3.8) is 0 Å². The third kappa shape index (κ3) is 1.76. The smallest absolute Gasteiger partial charge is 0.378 e. The first kappa shape index (κ1) is 15.1. The number of hydrogen-bond acceptors (Lipinski definition) is 6. The van der Waals surface area contributed by atoms with Crippen LogP contribution in [0.4, 0.5) is 0 Å². The Bertz CT molecular complexity index is 761. The minimum absolute atomic E-state index is 0.0176. The van der Waals surface area contributed by atoms with Gasteiger partial charge in [0.1, 0.15) is 16.2 Å². The van der Waals surface area contributed by atoms with Crippen molar-refractivity contribution >= 4 is 29.8 Å². The molecule has 116 valence electrons. The molecule has 1 aromatic rings. The number of carbonyl (C=O) groups excluding carboxylic acids is 2. The zero-order valence-electron chi connectivity index (χ0n) is 12.1. The second kappa shape index (κ2) is 4.58. The fourth-order valence-corrected chi connectivity index (χ4v) is 5.63. The number of fused-ring (bicyclic) bond motifs is 1. The fraction of sp³-hybridized carbons (Fsp3) is 0.583. The maximum absolute atomic E-state index is 12.8. The molecule has 3 atom stereocenters. The number of amides is 1. The van der Waals surface area contributed by atoms with E-state index in [1.165, 1.54) is 13.3 Å². The largest absolute Gasteiger partial charge is 0.542 e. The molecule has 8 nitrogen and oxygen atoms in total. The molecule has 0 saturated carbocycles. The minimum Gasteiger partial charge on any atom is -0.542 e. The van der Waals surface area contributed by atoms with Gasteiger partial charge >= 0.3 is 14.0 Å². The molecule has 2 saturated heterocycles. The molecule has 2 fully saturated rings. The predicted molar refractivity (Wildman–Crippen MR) is 75.2 cm³/mol. The van der Waals surface area contributed by atoms with Crippen LogP contribution in [-0.2, 0) is 30.6 Å². The highest BCUT2D eigenvalue weighted by Gasteiger charge is 2.70. The van der Waals surface area contributed by atoms with E-state index in [4.69, 9.17) is 8.05 Å². The molecule has 0 spiro atoms. The van der Waals surface area contributed by atoms with Gasteiger partial charge in [-0.15, -0.1) is 0 Å². The predicted octanol–water partition coefficient (Wildman–Crippen LogP) is -1.07. The molecule has 1 aromatic heterocycles. The van der Waals surface area contributed by atoms with E-state index in [2.05, 4.69) is 9.64 Å². The van der Waals surface area contributed by atoms with Gasteiger partial charge in [0, 0.05) is 12.7 Å². The van der Waals surface area contributed by atoms with E-state index in [0.29, 0.717) is 0 Å². The maximum Gasteiger partial charge on any atom is 0.378 e. The van der Waals surface area contributed by atoms with Crippen molar-refractivity contribution in [2.24, 2.45) is 0 Å². The first-order valence-corrected chi connectivity index (χ1v) is 8.20. The number of carbonyl (C=O) groups is 2. The lowest BCUT2D eigenvalue weighted by molar-refractivity contribution is -0.155. The van der Waals surface area contributed by atoms with Crippen LogP contribution in [0.15, 0.2) is 12.5 Å². The molecule has 2 radical (unpaired) electrons. The average Bonchev–Trinajstić information content (AvgIpc) is 2.89. The molecule has 3 rings (SSSR count). The highest BCUT2D eigenvalue weighted by molar-refractivity contribution is 7.93. The van der Waals surface area contributed by atoms with Gasteiger partial charge in [0.25, 0.3) is 0 Å². The highest BCUT2D eigenvalue weighted by Crippen LogP contribution is 2.47. The SMILES string of the molecule is [B]OC(=O)[C@@H]1N2C(=O)CC2S(=O)(=O)[C@@]1(C)Cn1cnc(C)c1. The van der Waals surface area contributed by atoms with Crippen LogP contribution in [0.5, 0.6) is 0 Å². The third-order valence-electron chi connectivity index (χ3n) is 4.41. The second-order valence-corrected chi connectivity index (χ2v) is 8.41. The van der Waals surface area contributed by atoms with Gasteiger partial charge in [0.2, 0.25) is 5.91 Å². The fourth-order valence-electron chi connectivity index (χ4n) is 3.26. The van der Waals surface area contributed by atoms with E-state index in [1.807, 2.05) is 0 Å². The molecular weight excluding hydrogens is 309 g/mol. The Morgan fingerprint density at radius 3 is 2.77 bits per heavy atom. The zero-order valence-corrected chi connectivity index (χ0v) is 12.9. The van der Waals surface area contributed by atoms with Crippen LogP contribution in [0, 0.1) is 6.92 Å². The number of sulfone groups is 1. The number of β-lactam (4-membered cyclic amide) rings is 1. The lowest BCUT2D eigenvalue weighted by atomic mass is 9.96. The molecule has 0 aliphatic carbocycles. The summed E-state index contributed by atoms with van der Waals surface area (Å²) in [4.78, 5) is 28.9. The van der Waals surface area contributed by atoms with Gasteiger partial charge in [-0.1, -0.05) is 0 Å². The van der Waals surface area contributed by atoms with E-state index < -0.39 is 37.9 Å². The Balaban J connectivity index is 2.08. The van der Waals surface area contributed by atoms with Crippen molar-refractivity contribution in [3.8, 4) is 0 Å². The molecule has 2 aliphatic rings. The minimum atomic E-state index is -3.75. The molecule has 1 unspecified atom stereocenters. The Labute approximate surface area is 128 Å². The summed E-state index contributed by atoms with van der Waals surface area (Å²) >= 11 is 0. The summed E-state index contributed by atoms with van der Waals surface area (Å²) in [5.41, 5.74) is 0.719. The first-order chi connectivity index (χ1) is 10.2. The highest BCUT2D eigenvalue weighted by atomic mass is 32.2. The standard InChI is InChI=1S/C12H14BN3O5S/c1-7-4-15(6-14-7)5-12(2)10(11(18)21-13)16-8(17)3-9(16)22(12,19)20/h4,6,9-10H,3,5H2,1-2H3/t9?,10-,12-/m0/s1. The lowest BCUT2D eigenvalue weighted by Gasteiger charge is -2.36. The van der Waals surface area contributed by atoms with Gasteiger partial charge in [0.05, 0.1) is 18.4 Å². The van der Waals surface area contributed by atoms with Crippen molar-refractivity contribution in [2.75, 3.05) is 0 Å². The van der Waals surface area contributed by atoms with E-state index in [0.717, 1.165) is 10.6 Å². The topological polar surface area (TPSA) is 98.6 Å². The molecule has 1 amide bonds. The molecule has 0 bridgehead atoms. The quantitative estimate of drug-likeness (QED) is 0.519. The molecule has 22 heavy (non-hydrogen) atoms. The van der Waals surface area contributed by atoms with E-state index in [1.54, 1.807) is 17.7 Å². The zero-order chi connectivity index (χ0) is 16.3. The number of imidazole rings is 1. The van der Waals surface area contributed by atoms with Crippen molar-refractivity contribution < 1.29 is 22.7 Å². The van der Waals surface area contributed by atoms with Gasteiger partial charge in [-0.05, 0) is 13.8 Å². The van der Waals surface area contributed by atoms with Crippen LogP contribution in [0.3, 0.4) is 0 Å². The first-order valence-electron chi connectivity index (χ1n) is 6.66. The summed E-state index contributed by atoms with van der Waals surface area (Å²) < 4.78 is 29.9. The number of hydrogen-bond donors (Lipinski definition) is 0. The summed E-state index contributed by atoms with van der Waals surface area (Å²) in [6.45, 7) is 3.19. The number of rotatable bonds is 3. The molecule has 2 aliphatic heterocycles. The van der Waals surface area contributed by atoms with Crippen LogP contribution in [0.25, 0.3) is 0 Å². The summed E-state index contributed by atoms with van der Waals surface area (Å²) in [5.74, 6) is -1.33. The number of nitrogens with zero attached hydrogens (tertiary/aromatic N) is 3.